The molecule has 1 atom stereocenters. The zero-order chi connectivity index (χ0) is 14.4. The molecule has 4 rings (SSSR count). The molecule has 0 saturated carbocycles. The van der Waals surface area contributed by atoms with Gasteiger partial charge in [0, 0.05) is 35.5 Å². The van der Waals surface area contributed by atoms with Crippen LogP contribution < -0.4 is 0 Å². The van der Waals surface area contributed by atoms with Crippen molar-refractivity contribution in [2.45, 2.75) is 12.3 Å². The maximum atomic E-state index is 6.06. The second-order valence-electron chi connectivity index (χ2n) is 5.31. The van der Waals surface area contributed by atoms with E-state index >= 15 is 0 Å². The van der Waals surface area contributed by atoms with Crippen LogP contribution in [0.3, 0.4) is 0 Å². The van der Waals surface area contributed by atoms with Gasteiger partial charge in [-0.05, 0) is 24.6 Å². The van der Waals surface area contributed by atoms with E-state index in [-0.39, 0.29) is 5.92 Å². The van der Waals surface area contributed by atoms with E-state index in [1.165, 1.54) is 0 Å². The predicted octanol–water partition coefficient (Wildman–Crippen LogP) is 3.39. The number of ether oxygens (including phenoxy) is 1. The summed E-state index contributed by atoms with van der Waals surface area (Å²) in [6, 6.07) is 7.84. The molecular weight excluding hydrogens is 290 g/mol. The van der Waals surface area contributed by atoms with Crippen molar-refractivity contribution in [1.29, 1.82) is 0 Å². The Labute approximate surface area is 126 Å². The van der Waals surface area contributed by atoms with Crippen LogP contribution in [0.1, 0.15) is 18.2 Å². The highest BCUT2D eigenvalue weighted by molar-refractivity contribution is 6.31. The number of fused-ring (bicyclic) bond motifs is 1. The number of benzene rings is 1. The van der Waals surface area contributed by atoms with Crippen LogP contribution in [0.5, 0.6) is 0 Å². The molecule has 1 aliphatic heterocycles. The van der Waals surface area contributed by atoms with Gasteiger partial charge in [0.2, 0.25) is 0 Å². The van der Waals surface area contributed by atoms with Crippen molar-refractivity contribution in [1.82, 2.24) is 14.7 Å². The largest absolute Gasteiger partial charge is 0.381 e. The Balaban J connectivity index is 1.77. The number of aromatic nitrogens is 3. The topological polar surface area (TPSA) is 53.1 Å². The normalized spacial score (nSPS) is 18.7. The van der Waals surface area contributed by atoms with E-state index in [2.05, 4.69) is 10.1 Å². The van der Waals surface area contributed by atoms with Crippen molar-refractivity contribution in [3.63, 3.8) is 0 Å². The van der Waals surface area contributed by atoms with Crippen LogP contribution in [0.25, 0.3) is 22.5 Å². The Morgan fingerprint density at radius 1 is 1.33 bits per heavy atom. The van der Waals surface area contributed by atoms with E-state index < -0.39 is 0 Å². The standard InChI is InChI=1S/C15H14ClN3O2/c1-19-12-7-11(16)3-2-9(12)6-13(19)15-17-14(18-21-15)10-4-5-20-8-10/h2-3,6-7,10H,4-5,8H2,1H3. The molecular formula is C15H14ClN3O2. The van der Waals surface area contributed by atoms with E-state index in [4.69, 9.17) is 20.9 Å². The van der Waals surface area contributed by atoms with Gasteiger partial charge in [-0.1, -0.05) is 22.8 Å². The predicted molar refractivity (Wildman–Crippen MR) is 79.4 cm³/mol. The number of halogens is 1. The number of aryl methyl sites for hydroxylation is 1. The smallest absolute Gasteiger partial charge is 0.274 e. The number of hydrogen-bond donors (Lipinski definition) is 0. The lowest BCUT2D eigenvalue weighted by atomic mass is 10.1. The summed E-state index contributed by atoms with van der Waals surface area (Å²) in [6.07, 6.45) is 0.948. The fourth-order valence-corrected chi connectivity index (χ4v) is 2.92. The van der Waals surface area contributed by atoms with Crippen LogP contribution in [0.15, 0.2) is 28.8 Å². The Morgan fingerprint density at radius 2 is 2.24 bits per heavy atom. The van der Waals surface area contributed by atoms with Crippen molar-refractivity contribution in [2.75, 3.05) is 13.2 Å². The van der Waals surface area contributed by atoms with Crippen molar-refractivity contribution in [2.24, 2.45) is 7.05 Å². The summed E-state index contributed by atoms with van der Waals surface area (Å²) in [6.45, 7) is 1.44. The summed E-state index contributed by atoms with van der Waals surface area (Å²) in [5.74, 6) is 1.50. The first-order valence-corrected chi connectivity index (χ1v) is 7.27. The Morgan fingerprint density at radius 3 is 3.05 bits per heavy atom. The SMILES string of the molecule is Cn1c(-c2nc(C3CCOC3)no2)cc2ccc(Cl)cc21. The van der Waals surface area contributed by atoms with Crippen LogP contribution in [0, 0.1) is 0 Å². The van der Waals surface area contributed by atoms with Gasteiger partial charge in [-0.15, -0.1) is 0 Å². The molecule has 0 amide bonds. The molecule has 0 bridgehead atoms. The third-order valence-electron chi connectivity index (χ3n) is 3.96. The minimum atomic E-state index is 0.242. The average Bonchev–Trinajstić information content (AvgIpc) is 3.18. The van der Waals surface area contributed by atoms with Gasteiger partial charge < -0.3 is 13.8 Å². The van der Waals surface area contributed by atoms with E-state index in [9.17, 15) is 0 Å². The van der Waals surface area contributed by atoms with E-state index in [1.54, 1.807) is 0 Å². The molecule has 1 fully saturated rings. The summed E-state index contributed by atoms with van der Waals surface area (Å²) in [5, 5.41) is 5.91. The number of hydrogen-bond acceptors (Lipinski definition) is 4. The third kappa shape index (κ3) is 2.13. The highest BCUT2D eigenvalue weighted by Crippen LogP contribution is 2.30. The molecule has 0 N–H and O–H groups in total. The molecule has 3 heterocycles. The van der Waals surface area contributed by atoms with Crippen LogP contribution >= 0.6 is 11.6 Å². The molecule has 2 aromatic heterocycles. The van der Waals surface area contributed by atoms with E-state index in [0.29, 0.717) is 17.5 Å². The van der Waals surface area contributed by atoms with Gasteiger partial charge in [-0.25, -0.2) is 0 Å². The van der Waals surface area contributed by atoms with Gasteiger partial charge in [0.15, 0.2) is 5.82 Å². The van der Waals surface area contributed by atoms with Crippen molar-refractivity contribution in [3.8, 4) is 11.6 Å². The molecule has 1 saturated heterocycles. The second-order valence-corrected chi connectivity index (χ2v) is 5.75. The van der Waals surface area contributed by atoms with Crippen molar-refractivity contribution < 1.29 is 9.26 Å². The highest BCUT2D eigenvalue weighted by Gasteiger charge is 2.24. The van der Waals surface area contributed by atoms with Gasteiger partial charge in [-0.2, -0.15) is 4.98 Å². The first-order valence-electron chi connectivity index (χ1n) is 6.89. The van der Waals surface area contributed by atoms with Gasteiger partial charge in [0.05, 0.1) is 6.61 Å². The lowest BCUT2D eigenvalue weighted by molar-refractivity contribution is 0.192. The van der Waals surface area contributed by atoms with Gasteiger partial charge in [-0.3, -0.25) is 0 Å². The van der Waals surface area contributed by atoms with Gasteiger partial charge in [0.25, 0.3) is 5.89 Å². The first-order chi connectivity index (χ1) is 10.2. The Bertz CT molecular complexity index is 802. The monoisotopic (exact) mass is 303 g/mol. The van der Waals surface area contributed by atoms with Crippen LogP contribution in [0.2, 0.25) is 5.02 Å². The molecule has 1 aromatic carbocycles. The maximum Gasteiger partial charge on any atom is 0.274 e. The zero-order valence-electron chi connectivity index (χ0n) is 11.5. The summed E-state index contributed by atoms with van der Waals surface area (Å²) < 4.78 is 12.8. The van der Waals surface area contributed by atoms with Crippen molar-refractivity contribution >= 4 is 22.5 Å². The molecule has 0 spiro atoms. The zero-order valence-corrected chi connectivity index (χ0v) is 12.3. The van der Waals surface area contributed by atoms with E-state index in [0.717, 1.165) is 35.4 Å². The summed E-state index contributed by atoms with van der Waals surface area (Å²) in [4.78, 5) is 4.53. The quantitative estimate of drug-likeness (QED) is 0.728. The molecule has 21 heavy (non-hydrogen) atoms. The summed E-state index contributed by atoms with van der Waals surface area (Å²) in [7, 11) is 1.97. The minimum Gasteiger partial charge on any atom is -0.381 e. The van der Waals surface area contributed by atoms with Gasteiger partial charge >= 0.3 is 0 Å². The fourth-order valence-electron chi connectivity index (χ4n) is 2.75. The highest BCUT2D eigenvalue weighted by atomic mass is 35.5. The lowest BCUT2D eigenvalue weighted by Gasteiger charge is -2.00. The van der Waals surface area contributed by atoms with Crippen LogP contribution in [0.4, 0.5) is 0 Å². The van der Waals surface area contributed by atoms with Gasteiger partial charge in [0.1, 0.15) is 5.69 Å². The molecule has 1 unspecified atom stereocenters. The molecule has 1 aliphatic rings. The molecule has 3 aromatic rings. The molecule has 6 heteroatoms. The Hall–Kier alpha value is -1.85. The number of nitrogens with zero attached hydrogens (tertiary/aromatic N) is 3. The third-order valence-corrected chi connectivity index (χ3v) is 4.20. The number of rotatable bonds is 2. The molecule has 5 nitrogen and oxygen atoms in total. The Kier molecular flexibility index (Phi) is 2.97. The summed E-state index contributed by atoms with van der Waals surface area (Å²) in [5.41, 5.74) is 1.94. The minimum absolute atomic E-state index is 0.242. The molecule has 0 radical (unpaired) electrons. The maximum absolute atomic E-state index is 6.06. The molecule has 0 aliphatic carbocycles. The average molecular weight is 304 g/mol. The van der Waals surface area contributed by atoms with E-state index in [1.807, 2.05) is 35.9 Å². The molecule has 108 valence electrons. The fraction of sp³-hybridized carbons (Fsp3) is 0.333. The van der Waals surface area contributed by atoms with Crippen LogP contribution in [-0.2, 0) is 11.8 Å². The first kappa shape index (κ1) is 12.9. The van der Waals surface area contributed by atoms with Crippen molar-refractivity contribution in [3.05, 3.63) is 35.1 Å². The lowest BCUT2D eigenvalue weighted by Crippen LogP contribution is -2.00. The van der Waals surface area contributed by atoms with Crippen LogP contribution in [-0.4, -0.2) is 27.9 Å². The second kappa shape index (κ2) is 4.86. The summed E-state index contributed by atoms with van der Waals surface area (Å²) >= 11 is 6.06.